The maximum atomic E-state index is 7.50. The molecule has 15 rings (SSSR count). The summed E-state index contributed by atoms with van der Waals surface area (Å²) < 4.78 is 7.50. The summed E-state index contributed by atoms with van der Waals surface area (Å²) in [6.45, 7) is 8.71. The van der Waals surface area contributed by atoms with Gasteiger partial charge in [-0.05, 0) is 172 Å². The Labute approximate surface area is 455 Å². The Morgan fingerprint density at radius 1 is 0.321 bits per heavy atom. The van der Waals surface area contributed by atoms with E-state index in [0.29, 0.717) is 0 Å². The average Bonchev–Trinajstić information content (AvgIpc) is 4.33. The summed E-state index contributed by atoms with van der Waals surface area (Å²) >= 11 is 0. The molecule has 0 saturated carbocycles. The van der Waals surface area contributed by atoms with Gasteiger partial charge >= 0.3 is 0 Å². The van der Waals surface area contributed by atoms with Crippen LogP contribution in [0, 0.1) is 27.7 Å². The fourth-order valence-electron chi connectivity index (χ4n) is 13.3. The first kappa shape index (κ1) is 45.7. The Morgan fingerprint density at radius 3 is 1.24 bits per heavy atom. The van der Waals surface area contributed by atoms with Crippen molar-refractivity contribution in [1.82, 2.24) is 0 Å². The molecular weight excluding hydrogens is 945 g/mol. The predicted octanol–water partition coefficient (Wildman–Crippen LogP) is 20.6. The maximum Gasteiger partial charge on any atom is 0.145 e. The monoisotopic (exact) mass is 998 g/mol. The normalized spacial score (nSPS) is 12.7. The molecule has 2 aliphatic carbocycles. The van der Waals surface area contributed by atoms with Crippen molar-refractivity contribution in [3.05, 3.63) is 299 Å². The van der Waals surface area contributed by atoms with Crippen LogP contribution in [0.3, 0.4) is 0 Å². The molecule has 78 heavy (non-hydrogen) atoms. The number of hydrogen-bond acceptors (Lipinski definition) is 3. The van der Waals surface area contributed by atoms with E-state index in [4.69, 9.17) is 4.42 Å². The molecule has 370 valence electrons. The van der Waals surface area contributed by atoms with Crippen molar-refractivity contribution >= 4 is 66.8 Å². The van der Waals surface area contributed by atoms with Gasteiger partial charge in [0.25, 0.3) is 0 Å². The van der Waals surface area contributed by atoms with Crippen molar-refractivity contribution in [2.24, 2.45) is 0 Å². The Hall–Kier alpha value is -9.70. The fourth-order valence-corrected chi connectivity index (χ4v) is 13.3. The SMILES string of the molecule is Cc1ccc(N(c2ccc(-c3ccccc3C)cc2)c2cc3c(c4ccccc24)-c2c(cc(N(c4ccc(C)cc4)c4ccc(-c5ccccc5C)cc4)c4c2oc2ccccc24)C32c3ccccc3-c3ccccc32)cc1. The average molecular weight is 999 g/mol. The number of aryl methyl sites for hydroxylation is 4. The molecule has 13 aromatic rings. The summed E-state index contributed by atoms with van der Waals surface area (Å²) in [5, 5.41) is 4.49. The number of benzene rings is 12. The molecular formula is C75H54N2O. The lowest BCUT2D eigenvalue weighted by Crippen LogP contribution is -2.26. The van der Waals surface area contributed by atoms with Crippen LogP contribution in [0.15, 0.2) is 259 Å². The molecule has 0 amide bonds. The largest absolute Gasteiger partial charge is 0.455 e. The highest BCUT2D eigenvalue weighted by Gasteiger charge is 2.54. The van der Waals surface area contributed by atoms with Gasteiger partial charge in [0, 0.05) is 39.1 Å². The number of fused-ring (bicyclic) bond motifs is 16. The first-order chi connectivity index (χ1) is 38.3. The molecule has 0 fully saturated rings. The van der Waals surface area contributed by atoms with Crippen molar-refractivity contribution < 1.29 is 4.42 Å². The highest BCUT2D eigenvalue weighted by molar-refractivity contribution is 6.23. The molecule has 0 unspecified atom stereocenters. The lowest BCUT2D eigenvalue weighted by atomic mass is 9.70. The van der Waals surface area contributed by atoms with Gasteiger partial charge in [0.15, 0.2) is 0 Å². The molecule has 3 nitrogen and oxygen atoms in total. The van der Waals surface area contributed by atoms with Crippen molar-refractivity contribution in [2.75, 3.05) is 9.80 Å². The first-order valence-corrected chi connectivity index (χ1v) is 27.2. The van der Waals surface area contributed by atoms with Gasteiger partial charge in [-0.15, -0.1) is 0 Å². The van der Waals surface area contributed by atoms with Crippen LogP contribution in [-0.2, 0) is 5.41 Å². The topological polar surface area (TPSA) is 19.6 Å². The van der Waals surface area contributed by atoms with Gasteiger partial charge in [0.1, 0.15) is 11.2 Å². The van der Waals surface area contributed by atoms with E-state index in [1.165, 1.54) is 88.8 Å². The first-order valence-electron chi connectivity index (χ1n) is 27.2. The second kappa shape index (κ2) is 17.7. The van der Waals surface area contributed by atoms with Crippen molar-refractivity contribution in [1.29, 1.82) is 0 Å². The molecule has 0 bridgehead atoms. The molecule has 1 aromatic heterocycles. The molecule has 2 aliphatic rings. The minimum absolute atomic E-state index is 0.750. The number of rotatable bonds is 8. The summed E-state index contributed by atoms with van der Waals surface area (Å²) in [6.07, 6.45) is 0. The lowest BCUT2D eigenvalue weighted by Gasteiger charge is -2.34. The minimum atomic E-state index is -0.750. The van der Waals surface area contributed by atoms with E-state index in [2.05, 4.69) is 292 Å². The zero-order chi connectivity index (χ0) is 52.2. The van der Waals surface area contributed by atoms with E-state index < -0.39 is 5.41 Å². The highest BCUT2D eigenvalue weighted by atomic mass is 16.3. The van der Waals surface area contributed by atoms with Crippen molar-refractivity contribution in [3.8, 4) is 44.5 Å². The maximum absolute atomic E-state index is 7.50. The molecule has 1 heterocycles. The summed E-state index contributed by atoms with van der Waals surface area (Å²) in [5.74, 6) is 0. The zero-order valence-corrected chi connectivity index (χ0v) is 44.1. The molecule has 0 aliphatic heterocycles. The Balaban J connectivity index is 1.07. The summed E-state index contributed by atoms with van der Waals surface area (Å²) in [5.41, 5.74) is 27.1. The van der Waals surface area contributed by atoms with Crippen LogP contribution < -0.4 is 9.80 Å². The second-order valence-corrected chi connectivity index (χ2v) is 21.4. The van der Waals surface area contributed by atoms with E-state index in [1.54, 1.807) is 0 Å². The highest BCUT2D eigenvalue weighted by Crippen LogP contribution is 2.67. The van der Waals surface area contributed by atoms with Crippen molar-refractivity contribution in [2.45, 2.75) is 33.1 Å². The van der Waals surface area contributed by atoms with Gasteiger partial charge < -0.3 is 14.2 Å². The zero-order valence-electron chi connectivity index (χ0n) is 44.1. The molecule has 12 aromatic carbocycles. The van der Waals surface area contributed by atoms with E-state index >= 15 is 0 Å². The van der Waals surface area contributed by atoms with Crippen LogP contribution in [0.25, 0.3) is 77.2 Å². The Kier molecular flexibility index (Phi) is 10.4. The molecule has 1 spiro atoms. The van der Waals surface area contributed by atoms with Crippen LogP contribution in [0.5, 0.6) is 0 Å². The second-order valence-electron chi connectivity index (χ2n) is 21.4. The molecule has 0 N–H and O–H groups in total. The Bertz CT molecular complexity index is 4480. The standard InChI is InChI=1S/C75H54N2O/c1-47-29-37-53(38-30-47)76(55-41-33-51(34-42-55)57-19-7-5-17-49(57)3)68-45-66-71(62-24-10-9-23-61(62)68)73-67(75(66)64-26-14-11-21-59(64)60-22-12-15-27-65(60)75)46-69(72-63-25-13-16-28-70(63)78-74(72)73)77(54-39-31-48(2)32-40-54)56-43-35-52(36-44-56)58-20-8-6-18-50(58)4/h5-46H,1-4H3. The van der Waals surface area contributed by atoms with Crippen LogP contribution in [0.2, 0.25) is 0 Å². The third kappa shape index (κ3) is 6.77. The van der Waals surface area contributed by atoms with Crippen LogP contribution in [0.4, 0.5) is 34.1 Å². The molecule has 0 atom stereocenters. The molecule has 0 saturated heterocycles. The predicted molar refractivity (Wildman–Crippen MR) is 327 cm³/mol. The third-order valence-corrected chi connectivity index (χ3v) is 16.9. The Morgan fingerprint density at radius 2 is 0.718 bits per heavy atom. The number of nitrogens with zero attached hydrogens (tertiary/aromatic N) is 2. The third-order valence-electron chi connectivity index (χ3n) is 16.9. The number of anilines is 6. The molecule has 3 heteroatoms. The van der Waals surface area contributed by atoms with Crippen molar-refractivity contribution in [3.63, 3.8) is 0 Å². The van der Waals surface area contributed by atoms with Crippen LogP contribution in [0.1, 0.15) is 44.5 Å². The fraction of sp³-hybridized carbons (Fsp3) is 0.0667. The van der Waals surface area contributed by atoms with Gasteiger partial charge in [-0.3, -0.25) is 0 Å². The smallest absolute Gasteiger partial charge is 0.145 e. The van der Waals surface area contributed by atoms with E-state index in [0.717, 1.165) is 67.0 Å². The van der Waals surface area contributed by atoms with E-state index in [9.17, 15) is 0 Å². The summed E-state index contributed by atoms with van der Waals surface area (Å²) in [4.78, 5) is 4.95. The van der Waals surface area contributed by atoms with Gasteiger partial charge in [-0.1, -0.05) is 199 Å². The van der Waals surface area contributed by atoms with E-state index in [-0.39, 0.29) is 0 Å². The van der Waals surface area contributed by atoms with Gasteiger partial charge in [0.05, 0.1) is 22.2 Å². The molecule has 0 radical (unpaired) electrons. The van der Waals surface area contributed by atoms with Crippen LogP contribution in [-0.4, -0.2) is 0 Å². The number of hydrogen-bond donors (Lipinski definition) is 0. The quantitative estimate of drug-likeness (QED) is 0.151. The van der Waals surface area contributed by atoms with Gasteiger partial charge in [0.2, 0.25) is 0 Å². The van der Waals surface area contributed by atoms with Gasteiger partial charge in [-0.25, -0.2) is 0 Å². The minimum Gasteiger partial charge on any atom is -0.455 e. The van der Waals surface area contributed by atoms with E-state index in [1.807, 2.05) is 0 Å². The number of furan rings is 1. The number of para-hydroxylation sites is 1. The summed E-state index contributed by atoms with van der Waals surface area (Å²) in [7, 11) is 0. The van der Waals surface area contributed by atoms with Gasteiger partial charge in [-0.2, -0.15) is 0 Å². The lowest BCUT2D eigenvalue weighted by molar-refractivity contribution is 0.669. The van der Waals surface area contributed by atoms with Crippen LogP contribution >= 0.6 is 0 Å². The summed E-state index contributed by atoms with van der Waals surface area (Å²) in [6, 6.07) is 94.7.